The number of hydrogen-bond acceptors (Lipinski definition) is 3. The Bertz CT molecular complexity index is 246. The molecule has 17 heavy (non-hydrogen) atoms. The van der Waals surface area contributed by atoms with Gasteiger partial charge in [0, 0.05) is 31.2 Å². The van der Waals surface area contributed by atoms with Gasteiger partial charge in [-0.1, -0.05) is 0 Å². The lowest BCUT2D eigenvalue weighted by molar-refractivity contribution is 0.190. The molecule has 0 spiro atoms. The van der Waals surface area contributed by atoms with Crippen LogP contribution in [0.5, 0.6) is 0 Å². The van der Waals surface area contributed by atoms with Crippen molar-refractivity contribution in [3.63, 3.8) is 0 Å². The van der Waals surface area contributed by atoms with E-state index in [1.54, 1.807) is 0 Å². The van der Waals surface area contributed by atoms with E-state index in [0.29, 0.717) is 0 Å². The van der Waals surface area contributed by atoms with Crippen LogP contribution in [0.1, 0.15) is 39.0 Å². The Morgan fingerprint density at radius 1 is 1.06 bits per heavy atom. The van der Waals surface area contributed by atoms with Gasteiger partial charge >= 0.3 is 0 Å². The van der Waals surface area contributed by atoms with E-state index in [-0.39, 0.29) is 0 Å². The standard InChI is InChI=1S/C14H27N3/c1-12(17-7-2-3-8-17)10-16-9-6-14(11-16)15-13-4-5-13/h12-15H,2-11H2,1H3. The van der Waals surface area contributed by atoms with Gasteiger partial charge in [0.1, 0.15) is 0 Å². The Kier molecular flexibility index (Phi) is 3.69. The average molecular weight is 237 g/mol. The molecule has 2 heterocycles. The molecule has 1 saturated carbocycles. The summed E-state index contributed by atoms with van der Waals surface area (Å²) in [6.45, 7) is 8.95. The largest absolute Gasteiger partial charge is 0.310 e. The maximum Gasteiger partial charge on any atom is 0.0209 e. The first kappa shape index (κ1) is 11.9. The molecular formula is C14H27N3. The first-order valence-electron chi connectivity index (χ1n) is 7.54. The number of likely N-dealkylation sites (tertiary alicyclic amines) is 2. The van der Waals surface area contributed by atoms with Gasteiger partial charge in [-0.15, -0.1) is 0 Å². The summed E-state index contributed by atoms with van der Waals surface area (Å²) in [5, 5.41) is 3.77. The van der Waals surface area contributed by atoms with Gasteiger partial charge in [-0.2, -0.15) is 0 Å². The van der Waals surface area contributed by atoms with Gasteiger partial charge in [0.2, 0.25) is 0 Å². The molecule has 0 aromatic rings. The van der Waals surface area contributed by atoms with Crippen molar-refractivity contribution in [3.05, 3.63) is 0 Å². The fraction of sp³-hybridized carbons (Fsp3) is 1.00. The van der Waals surface area contributed by atoms with E-state index in [1.807, 2.05) is 0 Å². The van der Waals surface area contributed by atoms with Gasteiger partial charge in [0.05, 0.1) is 0 Å². The number of hydrogen-bond donors (Lipinski definition) is 1. The molecule has 0 amide bonds. The fourth-order valence-electron chi connectivity index (χ4n) is 3.39. The topological polar surface area (TPSA) is 18.5 Å². The molecule has 2 atom stereocenters. The minimum Gasteiger partial charge on any atom is -0.310 e. The molecule has 2 aliphatic heterocycles. The first-order valence-corrected chi connectivity index (χ1v) is 7.54. The Labute approximate surface area is 106 Å². The van der Waals surface area contributed by atoms with Crippen LogP contribution >= 0.6 is 0 Å². The van der Waals surface area contributed by atoms with Crippen LogP contribution in [0.4, 0.5) is 0 Å². The Morgan fingerprint density at radius 3 is 2.53 bits per heavy atom. The molecule has 1 N–H and O–H groups in total. The van der Waals surface area contributed by atoms with E-state index in [4.69, 9.17) is 0 Å². The summed E-state index contributed by atoms with van der Waals surface area (Å²) in [6, 6.07) is 2.42. The third-order valence-corrected chi connectivity index (χ3v) is 4.61. The molecular weight excluding hydrogens is 210 g/mol. The molecule has 2 saturated heterocycles. The lowest BCUT2D eigenvalue weighted by atomic mass is 10.2. The molecule has 0 aromatic heterocycles. The molecule has 0 bridgehead atoms. The second-order valence-electron chi connectivity index (χ2n) is 6.28. The van der Waals surface area contributed by atoms with E-state index in [9.17, 15) is 0 Å². The van der Waals surface area contributed by atoms with Gasteiger partial charge in [-0.05, 0) is 58.7 Å². The molecule has 3 fully saturated rings. The third kappa shape index (κ3) is 3.21. The van der Waals surface area contributed by atoms with E-state index in [0.717, 1.165) is 18.1 Å². The van der Waals surface area contributed by atoms with Gasteiger partial charge in [-0.3, -0.25) is 4.90 Å². The van der Waals surface area contributed by atoms with Crippen molar-refractivity contribution in [2.75, 3.05) is 32.7 Å². The Hall–Kier alpha value is -0.120. The molecule has 2 unspecified atom stereocenters. The van der Waals surface area contributed by atoms with Crippen LogP contribution < -0.4 is 5.32 Å². The van der Waals surface area contributed by atoms with E-state index >= 15 is 0 Å². The van der Waals surface area contributed by atoms with E-state index in [1.165, 1.54) is 64.8 Å². The highest BCUT2D eigenvalue weighted by Crippen LogP contribution is 2.22. The zero-order valence-electron chi connectivity index (χ0n) is 11.2. The molecule has 0 aromatic carbocycles. The molecule has 0 radical (unpaired) electrons. The monoisotopic (exact) mass is 237 g/mol. The van der Waals surface area contributed by atoms with Crippen LogP contribution in [-0.2, 0) is 0 Å². The van der Waals surface area contributed by atoms with E-state index in [2.05, 4.69) is 22.0 Å². The molecule has 98 valence electrons. The van der Waals surface area contributed by atoms with Crippen LogP contribution in [-0.4, -0.2) is 60.6 Å². The van der Waals surface area contributed by atoms with Gasteiger partial charge in [0.15, 0.2) is 0 Å². The van der Waals surface area contributed by atoms with E-state index < -0.39 is 0 Å². The summed E-state index contributed by atoms with van der Waals surface area (Å²) in [5.74, 6) is 0. The maximum absolute atomic E-state index is 3.77. The van der Waals surface area contributed by atoms with Crippen LogP contribution in [0.25, 0.3) is 0 Å². The highest BCUT2D eigenvalue weighted by atomic mass is 15.2. The fourth-order valence-corrected chi connectivity index (χ4v) is 3.39. The summed E-state index contributed by atoms with van der Waals surface area (Å²) >= 11 is 0. The number of rotatable bonds is 5. The summed E-state index contributed by atoms with van der Waals surface area (Å²) in [7, 11) is 0. The summed E-state index contributed by atoms with van der Waals surface area (Å²) in [6.07, 6.45) is 7.02. The van der Waals surface area contributed by atoms with Crippen molar-refractivity contribution >= 4 is 0 Å². The SMILES string of the molecule is CC(CN1CCC(NC2CC2)C1)N1CCCC1. The van der Waals surface area contributed by atoms with Gasteiger partial charge in [0.25, 0.3) is 0 Å². The zero-order valence-corrected chi connectivity index (χ0v) is 11.2. The Morgan fingerprint density at radius 2 is 1.82 bits per heavy atom. The van der Waals surface area contributed by atoms with Crippen LogP contribution in [0.15, 0.2) is 0 Å². The lowest BCUT2D eigenvalue weighted by Crippen LogP contribution is -2.41. The summed E-state index contributed by atoms with van der Waals surface area (Å²) in [4.78, 5) is 5.34. The number of nitrogens with zero attached hydrogens (tertiary/aromatic N) is 2. The zero-order chi connectivity index (χ0) is 11.7. The molecule has 3 rings (SSSR count). The predicted octanol–water partition coefficient (Wildman–Crippen LogP) is 1.30. The normalized spacial score (nSPS) is 33.4. The minimum absolute atomic E-state index is 0.761. The van der Waals surface area contributed by atoms with Crippen LogP contribution in [0.3, 0.4) is 0 Å². The number of nitrogens with one attached hydrogen (secondary N) is 1. The van der Waals surface area contributed by atoms with Crippen molar-refractivity contribution in [3.8, 4) is 0 Å². The third-order valence-electron chi connectivity index (χ3n) is 4.61. The van der Waals surface area contributed by atoms with Crippen molar-refractivity contribution < 1.29 is 0 Å². The van der Waals surface area contributed by atoms with Crippen molar-refractivity contribution in [1.29, 1.82) is 0 Å². The van der Waals surface area contributed by atoms with Crippen molar-refractivity contribution in [2.45, 2.75) is 57.2 Å². The van der Waals surface area contributed by atoms with Gasteiger partial charge < -0.3 is 10.2 Å². The molecule has 3 heteroatoms. The predicted molar refractivity (Wildman–Crippen MR) is 71.3 cm³/mol. The first-order chi connectivity index (χ1) is 8.31. The van der Waals surface area contributed by atoms with Crippen molar-refractivity contribution in [2.24, 2.45) is 0 Å². The minimum atomic E-state index is 0.761. The molecule has 3 nitrogen and oxygen atoms in total. The summed E-state index contributed by atoms with van der Waals surface area (Å²) < 4.78 is 0. The second kappa shape index (κ2) is 5.25. The molecule has 1 aliphatic carbocycles. The maximum atomic E-state index is 3.77. The smallest absolute Gasteiger partial charge is 0.0209 e. The molecule has 3 aliphatic rings. The Balaban J connectivity index is 1.39. The second-order valence-corrected chi connectivity index (χ2v) is 6.28. The lowest BCUT2D eigenvalue weighted by Gasteiger charge is -2.28. The van der Waals surface area contributed by atoms with Gasteiger partial charge in [-0.25, -0.2) is 0 Å². The average Bonchev–Trinajstić information content (AvgIpc) is 2.83. The highest BCUT2D eigenvalue weighted by molar-refractivity contribution is 4.90. The summed E-state index contributed by atoms with van der Waals surface area (Å²) in [5.41, 5.74) is 0. The van der Waals surface area contributed by atoms with Crippen LogP contribution in [0.2, 0.25) is 0 Å². The quantitative estimate of drug-likeness (QED) is 0.777. The highest BCUT2D eigenvalue weighted by Gasteiger charge is 2.30. The van der Waals surface area contributed by atoms with Crippen LogP contribution in [0, 0.1) is 0 Å². The van der Waals surface area contributed by atoms with Crippen molar-refractivity contribution in [1.82, 2.24) is 15.1 Å².